The van der Waals surface area contributed by atoms with Gasteiger partial charge in [0.05, 0.1) is 10.6 Å². The molecule has 18 heavy (non-hydrogen) atoms. The van der Waals surface area contributed by atoms with Gasteiger partial charge in [-0.1, -0.05) is 32.1 Å². The third kappa shape index (κ3) is 2.44. The van der Waals surface area contributed by atoms with E-state index in [1.54, 1.807) is 11.3 Å². The fourth-order valence-corrected chi connectivity index (χ4v) is 3.28. The van der Waals surface area contributed by atoms with Gasteiger partial charge < -0.3 is 4.90 Å². The van der Waals surface area contributed by atoms with Crippen LogP contribution in [0.15, 0.2) is 0 Å². The van der Waals surface area contributed by atoms with Crippen molar-refractivity contribution in [2.75, 3.05) is 11.9 Å². The van der Waals surface area contributed by atoms with Crippen molar-refractivity contribution in [2.24, 2.45) is 5.41 Å². The largest absolute Gasteiger partial charge is 0.348 e. The molecule has 0 saturated heterocycles. The van der Waals surface area contributed by atoms with Crippen LogP contribution in [0.25, 0.3) is 0 Å². The van der Waals surface area contributed by atoms with Crippen molar-refractivity contribution in [3.05, 3.63) is 10.6 Å². The normalized spacial score (nSPS) is 17.5. The number of anilines is 1. The minimum Gasteiger partial charge on any atom is -0.348 e. The molecule has 0 saturated carbocycles. The summed E-state index contributed by atoms with van der Waals surface area (Å²) in [7, 11) is 2.07. The fraction of sp³-hybridized carbons (Fsp3) is 0.714. The Hall–Kier alpha value is -0.900. The van der Waals surface area contributed by atoms with Crippen molar-refractivity contribution in [2.45, 2.75) is 53.0 Å². The van der Waals surface area contributed by atoms with Crippen LogP contribution in [0.2, 0.25) is 0 Å². The highest BCUT2D eigenvalue weighted by molar-refractivity contribution is 7.17. The summed E-state index contributed by atoms with van der Waals surface area (Å²) in [6, 6.07) is 0.389. The predicted octanol–water partition coefficient (Wildman–Crippen LogP) is 3.53. The highest BCUT2D eigenvalue weighted by atomic mass is 32.1. The SMILES string of the molecule is CC(N(C)c1nc2c(s1)C(=O)CCC2)C(C)(C)C. The van der Waals surface area contributed by atoms with Gasteiger partial charge >= 0.3 is 0 Å². The monoisotopic (exact) mass is 266 g/mol. The zero-order valence-electron chi connectivity index (χ0n) is 11.9. The van der Waals surface area contributed by atoms with Gasteiger partial charge in [0.1, 0.15) is 0 Å². The zero-order chi connectivity index (χ0) is 13.5. The summed E-state index contributed by atoms with van der Waals surface area (Å²) in [4.78, 5) is 19.6. The Bertz CT molecular complexity index is 459. The Balaban J connectivity index is 2.27. The molecule has 100 valence electrons. The number of Topliss-reactive ketones (excluding diaryl/α,β-unsaturated/α-hetero) is 1. The van der Waals surface area contributed by atoms with Gasteiger partial charge in [-0.15, -0.1) is 0 Å². The van der Waals surface area contributed by atoms with E-state index in [4.69, 9.17) is 0 Å². The van der Waals surface area contributed by atoms with Gasteiger partial charge in [0.15, 0.2) is 10.9 Å². The number of thiazole rings is 1. The van der Waals surface area contributed by atoms with Gasteiger partial charge in [0.2, 0.25) is 0 Å². The maximum absolute atomic E-state index is 11.8. The lowest BCUT2D eigenvalue weighted by molar-refractivity contribution is 0.0976. The van der Waals surface area contributed by atoms with Gasteiger partial charge in [-0.25, -0.2) is 4.98 Å². The Morgan fingerprint density at radius 3 is 2.56 bits per heavy atom. The molecule has 0 bridgehead atoms. The zero-order valence-corrected chi connectivity index (χ0v) is 12.7. The lowest BCUT2D eigenvalue weighted by Crippen LogP contribution is -2.39. The first-order valence-electron chi connectivity index (χ1n) is 6.56. The maximum atomic E-state index is 11.8. The van der Waals surface area contributed by atoms with Crippen molar-refractivity contribution < 1.29 is 4.79 Å². The molecule has 0 aliphatic heterocycles. The van der Waals surface area contributed by atoms with Gasteiger partial charge in [0.25, 0.3) is 0 Å². The quantitative estimate of drug-likeness (QED) is 0.821. The molecule has 1 aromatic heterocycles. The number of aromatic nitrogens is 1. The molecule has 1 unspecified atom stereocenters. The van der Waals surface area contributed by atoms with E-state index < -0.39 is 0 Å². The van der Waals surface area contributed by atoms with E-state index in [0.29, 0.717) is 12.5 Å². The molecule has 0 amide bonds. The van der Waals surface area contributed by atoms with Crippen molar-refractivity contribution in [1.82, 2.24) is 4.98 Å². The second kappa shape index (κ2) is 4.65. The first-order chi connectivity index (χ1) is 8.30. The van der Waals surface area contributed by atoms with Crippen LogP contribution in [0.5, 0.6) is 0 Å². The third-order valence-corrected chi connectivity index (χ3v) is 5.12. The average molecular weight is 266 g/mol. The lowest BCUT2D eigenvalue weighted by Gasteiger charge is -2.35. The second-order valence-corrected chi connectivity index (χ2v) is 7.18. The van der Waals surface area contributed by atoms with E-state index in [-0.39, 0.29) is 11.2 Å². The smallest absolute Gasteiger partial charge is 0.186 e. The van der Waals surface area contributed by atoms with Crippen molar-refractivity contribution >= 4 is 22.3 Å². The molecule has 0 radical (unpaired) electrons. The molecule has 4 heteroatoms. The van der Waals surface area contributed by atoms with E-state index in [2.05, 4.69) is 44.6 Å². The summed E-state index contributed by atoms with van der Waals surface area (Å²) < 4.78 is 0. The molecule has 3 nitrogen and oxygen atoms in total. The van der Waals surface area contributed by atoms with Crippen molar-refractivity contribution in [1.29, 1.82) is 0 Å². The molecule has 1 aromatic rings. The number of fused-ring (bicyclic) bond motifs is 1. The minimum absolute atomic E-state index is 0.199. The number of hydrogen-bond donors (Lipinski definition) is 0. The predicted molar refractivity (Wildman–Crippen MR) is 76.7 cm³/mol. The Morgan fingerprint density at radius 1 is 1.33 bits per heavy atom. The van der Waals surface area contributed by atoms with Crippen LogP contribution in [0.3, 0.4) is 0 Å². The van der Waals surface area contributed by atoms with Gasteiger partial charge in [-0.2, -0.15) is 0 Å². The number of nitrogens with zero attached hydrogens (tertiary/aromatic N) is 2. The number of aryl methyl sites for hydroxylation is 1. The van der Waals surface area contributed by atoms with E-state index in [0.717, 1.165) is 28.5 Å². The third-order valence-electron chi connectivity index (χ3n) is 3.89. The summed E-state index contributed by atoms with van der Waals surface area (Å²) >= 11 is 1.56. The number of rotatable bonds is 2. The second-order valence-electron chi connectivity index (χ2n) is 6.20. The molecule has 2 rings (SSSR count). The maximum Gasteiger partial charge on any atom is 0.186 e. The van der Waals surface area contributed by atoms with E-state index >= 15 is 0 Å². The Labute approximate surface area is 113 Å². The molecule has 1 aliphatic carbocycles. The standard InChI is InChI=1S/C14H22N2OS/c1-9(14(2,3)4)16(5)13-15-10-7-6-8-11(17)12(10)18-13/h9H,6-8H2,1-5H3. The molecule has 1 aliphatic rings. The minimum atomic E-state index is 0.199. The lowest BCUT2D eigenvalue weighted by atomic mass is 9.87. The van der Waals surface area contributed by atoms with E-state index in [1.165, 1.54) is 0 Å². The highest BCUT2D eigenvalue weighted by Crippen LogP contribution is 2.34. The number of carbonyl (C=O) groups excluding carboxylic acids is 1. The topological polar surface area (TPSA) is 33.2 Å². The van der Waals surface area contributed by atoms with Crippen molar-refractivity contribution in [3.63, 3.8) is 0 Å². The number of carbonyl (C=O) groups is 1. The number of hydrogen-bond acceptors (Lipinski definition) is 4. The van der Waals surface area contributed by atoms with Crippen LogP contribution in [-0.2, 0) is 6.42 Å². The van der Waals surface area contributed by atoms with Gasteiger partial charge in [-0.05, 0) is 25.2 Å². The molecule has 1 heterocycles. The summed E-state index contributed by atoms with van der Waals surface area (Å²) in [6.45, 7) is 8.90. The molecular weight excluding hydrogens is 244 g/mol. The number of ketones is 1. The molecule has 0 N–H and O–H groups in total. The van der Waals surface area contributed by atoms with Crippen LogP contribution >= 0.6 is 11.3 Å². The van der Waals surface area contributed by atoms with Gasteiger partial charge in [0, 0.05) is 19.5 Å². The van der Waals surface area contributed by atoms with Crippen molar-refractivity contribution in [3.8, 4) is 0 Å². The van der Waals surface area contributed by atoms with Crippen LogP contribution in [-0.4, -0.2) is 23.9 Å². The molecule has 0 aromatic carbocycles. The Kier molecular flexibility index (Phi) is 3.49. The van der Waals surface area contributed by atoms with Crippen LogP contribution in [0, 0.1) is 5.41 Å². The van der Waals surface area contributed by atoms with Crippen LogP contribution in [0.1, 0.15) is 55.9 Å². The average Bonchev–Trinajstić information content (AvgIpc) is 2.71. The first-order valence-corrected chi connectivity index (χ1v) is 7.38. The summed E-state index contributed by atoms with van der Waals surface area (Å²) in [5.74, 6) is 0.275. The molecular formula is C14H22N2OS. The summed E-state index contributed by atoms with van der Waals surface area (Å²) in [5.41, 5.74) is 1.21. The molecule has 0 fully saturated rings. The van der Waals surface area contributed by atoms with E-state index in [1.807, 2.05) is 0 Å². The fourth-order valence-electron chi connectivity index (χ4n) is 2.15. The Morgan fingerprint density at radius 2 is 2.00 bits per heavy atom. The molecule has 0 spiro atoms. The summed E-state index contributed by atoms with van der Waals surface area (Å²) in [5, 5.41) is 0.984. The van der Waals surface area contributed by atoms with Crippen LogP contribution < -0.4 is 4.90 Å². The van der Waals surface area contributed by atoms with Crippen LogP contribution in [0.4, 0.5) is 5.13 Å². The highest BCUT2D eigenvalue weighted by Gasteiger charge is 2.28. The van der Waals surface area contributed by atoms with Gasteiger partial charge in [-0.3, -0.25) is 4.79 Å². The summed E-state index contributed by atoms with van der Waals surface area (Å²) in [6.07, 6.45) is 2.59. The first kappa shape index (κ1) is 13.5. The van der Waals surface area contributed by atoms with E-state index in [9.17, 15) is 4.79 Å². The molecule has 1 atom stereocenters.